The third-order valence-corrected chi connectivity index (χ3v) is 5.67. The molecule has 1 aliphatic heterocycles. The maximum absolute atomic E-state index is 14.5. The van der Waals surface area contributed by atoms with E-state index in [1.165, 1.54) is 17.0 Å². The van der Waals surface area contributed by atoms with Gasteiger partial charge in [-0.1, -0.05) is 38.1 Å². The van der Waals surface area contributed by atoms with Gasteiger partial charge in [-0.05, 0) is 23.8 Å². The molecule has 0 radical (unpaired) electrons. The Labute approximate surface area is 196 Å². The first-order valence-corrected chi connectivity index (χ1v) is 11.4. The molecule has 1 aromatic heterocycles. The Kier molecular flexibility index (Phi) is 8.16. The Bertz CT molecular complexity index is 1210. The Balaban J connectivity index is 0.00000149. The number of carbonyl (C=O) groups is 2. The molecule has 2 aromatic carbocycles. The minimum atomic E-state index is -0.604. The van der Waals surface area contributed by atoms with Gasteiger partial charge in [0, 0.05) is 38.0 Å². The van der Waals surface area contributed by atoms with E-state index in [-0.39, 0.29) is 22.9 Å². The van der Waals surface area contributed by atoms with Gasteiger partial charge in [0.2, 0.25) is 5.91 Å². The topological polar surface area (TPSA) is 86.4 Å². The molecular formula is C24H26ClFN4O3. The van der Waals surface area contributed by atoms with Crippen LogP contribution in [0.3, 0.4) is 0 Å². The Morgan fingerprint density at radius 2 is 1.67 bits per heavy atom. The zero-order chi connectivity index (χ0) is 24.0. The van der Waals surface area contributed by atoms with E-state index in [1.807, 2.05) is 26.0 Å². The number of amides is 2. The van der Waals surface area contributed by atoms with E-state index in [2.05, 4.69) is 10.2 Å². The van der Waals surface area contributed by atoms with Crippen LogP contribution in [0, 0.1) is 5.82 Å². The van der Waals surface area contributed by atoms with E-state index in [1.54, 1.807) is 23.1 Å². The second kappa shape index (κ2) is 11.0. The summed E-state index contributed by atoms with van der Waals surface area (Å²) in [6, 6.07) is 11.5. The maximum Gasteiger partial charge on any atom is 0.272 e. The molecule has 3 aromatic rings. The number of aromatic amines is 1. The van der Waals surface area contributed by atoms with Crippen LogP contribution < -0.4 is 5.56 Å². The van der Waals surface area contributed by atoms with Crippen molar-refractivity contribution in [2.24, 2.45) is 0 Å². The Morgan fingerprint density at radius 1 is 1.03 bits per heavy atom. The van der Waals surface area contributed by atoms with Crippen LogP contribution in [0.1, 0.15) is 35.5 Å². The first-order chi connectivity index (χ1) is 16.0. The lowest BCUT2D eigenvalue weighted by atomic mass is 10.0. The van der Waals surface area contributed by atoms with Gasteiger partial charge in [0.25, 0.3) is 11.5 Å². The van der Waals surface area contributed by atoms with Crippen molar-refractivity contribution in [2.75, 3.05) is 32.1 Å². The number of nitrogens with one attached hydrogen (secondary N) is 1. The lowest BCUT2D eigenvalue weighted by molar-refractivity contribution is -0.129. The number of aromatic nitrogens is 2. The van der Waals surface area contributed by atoms with E-state index < -0.39 is 11.7 Å². The van der Waals surface area contributed by atoms with Gasteiger partial charge in [0.15, 0.2) is 0 Å². The number of nitrogens with zero attached hydrogens (tertiary/aromatic N) is 3. The monoisotopic (exact) mass is 472 g/mol. The van der Waals surface area contributed by atoms with Crippen LogP contribution in [-0.4, -0.2) is 63.9 Å². The molecule has 1 saturated heterocycles. The summed E-state index contributed by atoms with van der Waals surface area (Å²) in [5.74, 6) is -1.30. The van der Waals surface area contributed by atoms with Crippen molar-refractivity contribution in [3.63, 3.8) is 0 Å². The minimum absolute atomic E-state index is 0.0247. The number of alkyl halides is 1. The fraction of sp³-hybridized carbons (Fsp3) is 0.333. The van der Waals surface area contributed by atoms with Gasteiger partial charge in [0.1, 0.15) is 11.7 Å². The molecule has 9 heteroatoms. The van der Waals surface area contributed by atoms with Gasteiger partial charge in [-0.3, -0.25) is 14.4 Å². The highest BCUT2D eigenvalue weighted by atomic mass is 35.5. The SMILES string of the molecule is CC.O=C(CCl)N1CCN(C(=O)c2cc(Cc3n[nH]c(=O)c4ccccc34)ccc2F)CC1. The van der Waals surface area contributed by atoms with Crippen LogP contribution in [0.4, 0.5) is 4.39 Å². The fourth-order valence-electron chi connectivity index (χ4n) is 3.76. The van der Waals surface area contributed by atoms with Gasteiger partial charge >= 0.3 is 0 Å². The maximum atomic E-state index is 14.5. The summed E-state index contributed by atoms with van der Waals surface area (Å²) in [6.07, 6.45) is 0.329. The molecule has 0 unspecified atom stereocenters. The van der Waals surface area contributed by atoms with E-state index in [0.29, 0.717) is 54.6 Å². The number of halogens is 2. The zero-order valence-electron chi connectivity index (χ0n) is 18.6. The van der Waals surface area contributed by atoms with Gasteiger partial charge < -0.3 is 9.80 Å². The van der Waals surface area contributed by atoms with E-state index in [4.69, 9.17) is 11.6 Å². The third kappa shape index (κ3) is 5.39. The first-order valence-electron chi connectivity index (χ1n) is 10.9. The lowest BCUT2D eigenvalue weighted by Gasteiger charge is -2.34. The third-order valence-electron chi connectivity index (χ3n) is 5.44. The predicted molar refractivity (Wildman–Crippen MR) is 126 cm³/mol. The molecule has 1 aliphatic rings. The number of carbonyl (C=O) groups excluding carboxylic acids is 2. The van der Waals surface area contributed by atoms with Crippen LogP contribution >= 0.6 is 11.6 Å². The summed E-state index contributed by atoms with van der Waals surface area (Å²) in [7, 11) is 0. The highest BCUT2D eigenvalue weighted by molar-refractivity contribution is 6.27. The summed E-state index contributed by atoms with van der Waals surface area (Å²) < 4.78 is 14.5. The fourth-order valence-corrected chi connectivity index (χ4v) is 3.93. The molecule has 0 aliphatic carbocycles. The van der Waals surface area contributed by atoms with Crippen LogP contribution in [0.15, 0.2) is 47.3 Å². The van der Waals surface area contributed by atoms with Crippen LogP contribution in [0.5, 0.6) is 0 Å². The predicted octanol–water partition coefficient (Wildman–Crippen LogP) is 3.20. The van der Waals surface area contributed by atoms with Crippen LogP contribution in [0.25, 0.3) is 10.8 Å². The van der Waals surface area contributed by atoms with Crippen molar-refractivity contribution in [3.8, 4) is 0 Å². The number of rotatable bonds is 4. The van der Waals surface area contributed by atoms with Gasteiger partial charge in [-0.25, -0.2) is 9.49 Å². The second-order valence-corrected chi connectivity index (χ2v) is 7.61. The van der Waals surface area contributed by atoms with Crippen LogP contribution in [-0.2, 0) is 11.2 Å². The first kappa shape index (κ1) is 24.4. The smallest absolute Gasteiger partial charge is 0.272 e. The average molecular weight is 473 g/mol. The van der Waals surface area contributed by atoms with E-state index in [9.17, 15) is 18.8 Å². The molecule has 0 saturated carbocycles. The molecule has 33 heavy (non-hydrogen) atoms. The van der Waals surface area contributed by atoms with Crippen molar-refractivity contribution in [2.45, 2.75) is 20.3 Å². The summed E-state index contributed by atoms with van der Waals surface area (Å²) in [6.45, 7) is 5.37. The molecular weight excluding hydrogens is 447 g/mol. The average Bonchev–Trinajstić information content (AvgIpc) is 2.87. The molecule has 0 bridgehead atoms. The van der Waals surface area contributed by atoms with Gasteiger partial charge in [0.05, 0.1) is 16.6 Å². The van der Waals surface area contributed by atoms with Crippen molar-refractivity contribution in [1.82, 2.24) is 20.0 Å². The van der Waals surface area contributed by atoms with Crippen molar-refractivity contribution in [1.29, 1.82) is 0 Å². The number of hydrogen-bond donors (Lipinski definition) is 1. The molecule has 2 amide bonds. The highest BCUT2D eigenvalue weighted by Gasteiger charge is 2.26. The molecule has 4 rings (SSSR count). The second-order valence-electron chi connectivity index (χ2n) is 7.34. The largest absolute Gasteiger partial charge is 0.338 e. The van der Waals surface area contributed by atoms with Crippen molar-refractivity contribution in [3.05, 3.63) is 75.5 Å². The Hall–Kier alpha value is -3.26. The highest BCUT2D eigenvalue weighted by Crippen LogP contribution is 2.20. The van der Waals surface area contributed by atoms with Crippen molar-refractivity contribution < 1.29 is 14.0 Å². The molecule has 2 heterocycles. The molecule has 0 spiro atoms. The number of H-pyrrole nitrogens is 1. The van der Waals surface area contributed by atoms with Gasteiger partial charge in [-0.2, -0.15) is 5.10 Å². The normalized spacial score (nSPS) is 13.5. The van der Waals surface area contributed by atoms with E-state index >= 15 is 0 Å². The zero-order valence-corrected chi connectivity index (χ0v) is 19.4. The minimum Gasteiger partial charge on any atom is -0.338 e. The summed E-state index contributed by atoms with van der Waals surface area (Å²) in [5, 5.41) is 7.87. The number of hydrogen-bond acceptors (Lipinski definition) is 4. The summed E-state index contributed by atoms with van der Waals surface area (Å²) in [4.78, 5) is 39.7. The quantitative estimate of drug-likeness (QED) is 0.591. The standard InChI is InChI=1S/C22H20ClFN4O3.C2H6/c23-13-20(29)27-7-9-28(10-8-27)22(31)17-11-14(5-6-18(17)24)12-19-15-3-1-2-4-16(15)21(30)26-25-19;1-2/h1-6,11H,7-10,12-13H2,(H,26,30);1-2H3. The summed E-state index contributed by atoms with van der Waals surface area (Å²) >= 11 is 5.58. The van der Waals surface area contributed by atoms with E-state index in [0.717, 1.165) is 0 Å². The molecule has 174 valence electrons. The lowest BCUT2D eigenvalue weighted by Crippen LogP contribution is -2.51. The van der Waals surface area contributed by atoms with Crippen molar-refractivity contribution >= 4 is 34.2 Å². The van der Waals surface area contributed by atoms with Gasteiger partial charge in [-0.15, -0.1) is 11.6 Å². The number of fused-ring (bicyclic) bond motifs is 1. The Morgan fingerprint density at radius 3 is 2.33 bits per heavy atom. The van der Waals surface area contributed by atoms with Crippen LogP contribution in [0.2, 0.25) is 0 Å². The number of piperazine rings is 1. The molecule has 1 fully saturated rings. The molecule has 1 N–H and O–H groups in total. The summed E-state index contributed by atoms with van der Waals surface area (Å²) in [5.41, 5.74) is 1.03. The molecule has 7 nitrogen and oxygen atoms in total. The number of benzene rings is 2. The molecule has 0 atom stereocenters.